The quantitative estimate of drug-likeness (QED) is 0.0245. The number of ketones is 4. The van der Waals surface area contributed by atoms with Gasteiger partial charge in [-0.05, 0) is 197 Å². The largest absolute Gasteiger partial charge is 0.478 e. The van der Waals surface area contributed by atoms with Gasteiger partial charge in [-0.2, -0.15) is 0 Å². The number of nitrogens with one attached hydrogen (secondary N) is 1. The highest BCUT2D eigenvalue weighted by Gasteiger charge is 2.35. The molecule has 8 aromatic rings. The van der Waals surface area contributed by atoms with Crippen LogP contribution in [0.1, 0.15) is 193 Å². The molecule has 0 bridgehead atoms. The number of nitrogens with two attached hydrogens (primary N) is 1. The SMILES string of the molecule is CCC(=O)c1c(-c2ccc(F)cc2)oc2cc(N(CCCC(=O)CN)S(C)(=O)=O)c(C3CC3)cc12.CCOC(=O)CCCc1cccc(C(=O)NCC(=O)CCCN(c2cc3oc(-c4ccc(F)cc4)c(C(=O)CC)c3cc2C2CC2)S(C)(=O)=O)c1.CCOC(=O)CCCc1cccc(C(=O)O)c1. The van der Waals surface area contributed by atoms with Gasteiger partial charge in [0.05, 0.1) is 66.9 Å². The van der Waals surface area contributed by atoms with E-state index >= 15 is 0 Å². The van der Waals surface area contributed by atoms with Crippen LogP contribution in [0.2, 0.25) is 0 Å². The standard InChI is InChI=1S/C39H43FN2O8S.C26H29FN2O5S.C13H16O4/c1-4-34(44)37-32-22-31(26-14-15-26)33(23-35(32)50-38(37)27-16-18-29(40)19-17-27)42(51(3,47)48)20-8-12-30(43)24-41-39(46)28-11-6-9-25(21-28)10-7-13-36(45)49-5-2;1-3-23(31)25-21-13-20(16-6-7-16)22(29(35(2,32)33)12-4-5-19(30)15-28)14-24(21)34-26(25)17-8-10-18(27)11-9-17;1-2-17-12(14)8-4-6-10-5-3-7-11(9-10)13(15)16/h6,9,11,16-19,21-23,26H,4-5,7-8,10,12-15,20,24H2,1-3H3,(H,41,46);8-11,13-14,16H,3-7,12,15,28H2,1-2H3;3,5,7,9H,2,4,6,8H2,1H3,(H,15,16). The highest BCUT2D eigenvalue weighted by atomic mass is 32.2. The van der Waals surface area contributed by atoms with Crippen molar-refractivity contribution in [3.8, 4) is 22.6 Å². The zero-order valence-electron chi connectivity index (χ0n) is 58.8. The molecule has 21 nitrogen and oxygen atoms in total. The smallest absolute Gasteiger partial charge is 0.335 e. The van der Waals surface area contributed by atoms with Gasteiger partial charge in [-0.15, -0.1) is 0 Å². The molecule has 0 unspecified atom stereocenters. The molecule has 2 aliphatic rings. The highest BCUT2D eigenvalue weighted by molar-refractivity contribution is 7.92. The molecule has 1 amide bonds. The predicted octanol–water partition coefficient (Wildman–Crippen LogP) is 14.2. The van der Waals surface area contributed by atoms with Gasteiger partial charge in [0.2, 0.25) is 20.0 Å². The minimum atomic E-state index is -3.80. The lowest BCUT2D eigenvalue weighted by Crippen LogP contribution is -2.33. The third-order valence-corrected chi connectivity index (χ3v) is 19.8. The summed E-state index contributed by atoms with van der Waals surface area (Å²) in [5.74, 6) is -2.35. The summed E-state index contributed by atoms with van der Waals surface area (Å²) in [5, 5.41) is 12.7. The number of aryl methyl sites for hydroxylation is 2. The molecule has 6 aromatic carbocycles. The minimum absolute atomic E-state index is 0.0177. The number of ether oxygens (including phenoxy) is 2. The summed E-state index contributed by atoms with van der Waals surface area (Å²) in [6, 6.07) is 32.2. The number of hydrogen-bond acceptors (Lipinski definition) is 17. The summed E-state index contributed by atoms with van der Waals surface area (Å²) in [7, 11) is -7.46. The van der Waals surface area contributed by atoms with Crippen molar-refractivity contribution in [1.82, 2.24) is 5.32 Å². The first-order chi connectivity index (χ1) is 49.2. The molecule has 4 N–H and O–H groups in total. The molecule has 0 spiro atoms. The molecular formula is C78H88F2N4O17S2. The number of anilines is 2. The number of benzene rings is 6. The molecule has 0 atom stereocenters. The van der Waals surface area contributed by atoms with Crippen LogP contribution in [0, 0.1) is 11.6 Å². The Hall–Kier alpha value is -9.72. The van der Waals surface area contributed by atoms with E-state index in [-0.39, 0.29) is 117 Å². The Morgan fingerprint density at radius 3 is 1.33 bits per heavy atom. The molecule has 0 saturated heterocycles. The van der Waals surface area contributed by atoms with Crippen molar-refractivity contribution >= 4 is 100 Å². The maximum atomic E-state index is 13.7. The number of carboxylic acid groups (broad SMARTS) is 1. The van der Waals surface area contributed by atoms with Gasteiger partial charge in [0.1, 0.15) is 40.1 Å². The molecule has 10 rings (SSSR count). The van der Waals surface area contributed by atoms with Crippen LogP contribution in [-0.2, 0) is 61.5 Å². The van der Waals surface area contributed by atoms with Crippen LogP contribution in [0.3, 0.4) is 0 Å². The number of carbonyl (C=O) groups is 8. The number of halogens is 2. The van der Waals surface area contributed by atoms with Crippen LogP contribution >= 0.6 is 0 Å². The summed E-state index contributed by atoms with van der Waals surface area (Å²) in [6.45, 7) is 7.62. The summed E-state index contributed by atoms with van der Waals surface area (Å²) in [5.41, 5.74) is 13.0. The summed E-state index contributed by atoms with van der Waals surface area (Å²) >= 11 is 0. The summed E-state index contributed by atoms with van der Waals surface area (Å²) in [6.07, 6.45) is 10.2. The second-order valence-corrected chi connectivity index (χ2v) is 29.2. The number of sulfonamides is 2. The van der Waals surface area contributed by atoms with Gasteiger partial charge in [0.15, 0.2) is 17.3 Å². The third kappa shape index (κ3) is 21.9. The number of carbonyl (C=O) groups excluding carboxylic acids is 7. The van der Waals surface area contributed by atoms with E-state index in [1.54, 1.807) is 88.4 Å². The Morgan fingerprint density at radius 1 is 0.544 bits per heavy atom. The van der Waals surface area contributed by atoms with Gasteiger partial charge in [-0.1, -0.05) is 38.1 Å². The van der Waals surface area contributed by atoms with Gasteiger partial charge in [-0.3, -0.25) is 42.2 Å². The monoisotopic (exact) mass is 1450 g/mol. The molecule has 0 radical (unpaired) electrons. The summed E-state index contributed by atoms with van der Waals surface area (Å²) in [4.78, 5) is 96.9. The predicted molar refractivity (Wildman–Crippen MR) is 390 cm³/mol. The van der Waals surface area contributed by atoms with Gasteiger partial charge < -0.3 is 34.5 Å². The van der Waals surface area contributed by atoms with Gasteiger partial charge in [-0.25, -0.2) is 30.4 Å². The molecule has 2 aromatic heterocycles. The maximum Gasteiger partial charge on any atom is 0.335 e. The fourth-order valence-corrected chi connectivity index (χ4v) is 13.9. The van der Waals surface area contributed by atoms with Crippen LogP contribution in [0.25, 0.3) is 44.6 Å². The number of carboxylic acids is 1. The van der Waals surface area contributed by atoms with Gasteiger partial charge in [0.25, 0.3) is 5.91 Å². The van der Waals surface area contributed by atoms with Crippen LogP contribution < -0.4 is 19.7 Å². The average molecular weight is 1460 g/mol. The van der Waals surface area contributed by atoms with E-state index in [4.69, 9.17) is 29.1 Å². The van der Waals surface area contributed by atoms with Crippen LogP contribution in [0.15, 0.2) is 130 Å². The molecule has 103 heavy (non-hydrogen) atoms. The molecule has 2 aliphatic carbocycles. The van der Waals surface area contributed by atoms with E-state index in [0.29, 0.717) is 124 Å². The van der Waals surface area contributed by atoms with Crippen molar-refractivity contribution in [2.24, 2.45) is 5.73 Å². The molecule has 2 fully saturated rings. The zero-order chi connectivity index (χ0) is 74.7. The number of nitrogens with zero attached hydrogens (tertiary/aromatic N) is 2. The topological polar surface area (TPSA) is 314 Å². The van der Waals surface area contributed by atoms with E-state index in [1.807, 2.05) is 24.3 Å². The lowest BCUT2D eigenvalue weighted by molar-refractivity contribution is -0.144. The number of amides is 1. The zero-order valence-corrected chi connectivity index (χ0v) is 60.4. The Balaban J connectivity index is 0.000000222. The van der Waals surface area contributed by atoms with E-state index in [0.717, 1.165) is 60.4 Å². The van der Waals surface area contributed by atoms with Gasteiger partial charge in [0, 0.05) is 91.2 Å². The van der Waals surface area contributed by atoms with Crippen LogP contribution in [0.5, 0.6) is 0 Å². The van der Waals surface area contributed by atoms with Crippen molar-refractivity contribution < 1.29 is 87.4 Å². The van der Waals surface area contributed by atoms with Crippen LogP contribution in [-0.4, -0.2) is 121 Å². The van der Waals surface area contributed by atoms with E-state index in [1.165, 1.54) is 45.0 Å². The summed E-state index contributed by atoms with van der Waals surface area (Å²) < 4.78 is 104. The van der Waals surface area contributed by atoms with Crippen molar-refractivity contribution in [2.45, 2.75) is 142 Å². The minimum Gasteiger partial charge on any atom is -0.478 e. The van der Waals surface area contributed by atoms with Crippen molar-refractivity contribution in [1.29, 1.82) is 0 Å². The Morgan fingerprint density at radius 2 is 0.951 bits per heavy atom. The molecular weight excluding hydrogens is 1370 g/mol. The number of aromatic carboxylic acids is 1. The van der Waals surface area contributed by atoms with Crippen molar-refractivity contribution in [3.63, 3.8) is 0 Å². The lowest BCUT2D eigenvalue weighted by atomic mass is 9.97. The number of rotatable bonds is 35. The normalized spacial score (nSPS) is 12.7. The average Bonchev–Trinajstić information content (AvgIpc) is 1.61. The first-order valence-electron chi connectivity index (χ1n) is 34.6. The highest BCUT2D eigenvalue weighted by Crippen LogP contribution is 2.50. The molecule has 2 heterocycles. The molecule has 0 aliphatic heterocycles. The Bertz CT molecular complexity index is 4640. The number of furan rings is 2. The lowest BCUT2D eigenvalue weighted by Gasteiger charge is -2.25. The van der Waals surface area contributed by atoms with Crippen molar-refractivity contribution in [2.75, 3.05) is 60.5 Å². The Labute approximate surface area is 598 Å². The van der Waals surface area contributed by atoms with Crippen LogP contribution in [0.4, 0.5) is 20.2 Å². The van der Waals surface area contributed by atoms with Crippen molar-refractivity contribution in [3.05, 3.63) is 177 Å². The second-order valence-electron chi connectivity index (χ2n) is 25.4. The maximum absolute atomic E-state index is 13.7. The molecule has 25 heteroatoms. The molecule has 548 valence electrons. The third-order valence-electron chi connectivity index (χ3n) is 17.4. The van der Waals surface area contributed by atoms with E-state index in [9.17, 15) is 64.0 Å². The second kappa shape index (κ2) is 36.4. The first kappa shape index (κ1) is 79.0. The fourth-order valence-electron chi connectivity index (χ4n) is 12.0. The van der Waals surface area contributed by atoms with Gasteiger partial charge >= 0.3 is 17.9 Å². The number of hydrogen-bond donors (Lipinski definition) is 3. The Kier molecular flexibility index (Phi) is 27.9. The van der Waals surface area contributed by atoms with E-state index < -0.39 is 43.6 Å². The number of esters is 2. The fraction of sp³-hybridized carbons (Fsp3) is 0.385. The van der Waals surface area contributed by atoms with E-state index in [2.05, 4.69) is 5.32 Å². The molecule has 2 saturated carbocycles. The first-order valence-corrected chi connectivity index (χ1v) is 38.3. The number of Topliss-reactive ketones (excluding diaryl/α,β-unsaturated/α-hetero) is 4. The number of fused-ring (bicyclic) bond motifs is 2.